The molecule has 0 amide bonds. The molecule has 0 radical (unpaired) electrons. The third-order valence-corrected chi connectivity index (χ3v) is 3.98. The van der Waals surface area contributed by atoms with Gasteiger partial charge in [0, 0.05) is 13.0 Å². The molecular weight excluding hydrogens is 324 g/mol. The number of carbonyl (C=O) groups excluding carboxylic acids is 2. The number of methoxy groups -OCH3 is 2. The first kappa shape index (κ1) is 18.8. The molecule has 1 aromatic rings. The van der Waals surface area contributed by atoms with Gasteiger partial charge in [0.15, 0.2) is 11.5 Å². The highest BCUT2D eigenvalue weighted by Gasteiger charge is 2.17. The van der Waals surface area contributed by atoms with Crippen LogP contribution in [0.1, 0.15) is 44.6 Å². The summed E-state index contributed by atoms with van der Waals surface area (Å²) >= 11 is 0. The molecule has 0 atom stereocenters. The quantitative estimate of drug-likeness (QED) is 0.445. The van der Waals surface area contributed by atoms with Crippen LogP contribution >= 0.6 is 0 Å². The van der Waals surface area contributed by atoms with E-state index < -0.39 is 5.97 Å². The summed E-state index contributed by atoms with van der Waals surface area (Å²) in [5.74, 6) is 0.0500. The zero-order chi connectivity index (χ0) is 18.2. The summed E-state index contributed by atoms with van der Waals surface area (Å²) < 4.78 is 21.1. The van der Waals surface area contributed by atoms with Crippen molar-refractivity contribution < 1.29 is 28.5 Å². The van der Waals surface area contributed by atoms with E-state index in [0.29, 0.717) is 17.1 Å². The molecule has 136 valence electrons. The van der Waals surface area contributed by atoms with Crippen molar-refractivity contribution in [1.82, 2.24) is 0 Å². The molecule has 1 saturated carbocycles. The van der Waals surface area contributed by atoms with Gasteiger partial charge in [0.2, 0.25) is 5.75 Å². The lowest BCUT2D eigenvalue weighted by atomic mass is 9.98. The maximum Gasteiger partial charge on any atom is 0.331 e. The third-order valence-electron chi connectivity index (χ3n) is 3.98. The predicted molar refractivity (Wildman–Crippen MR) is 92.9 cm³/mol. The topological polar surface area (TPSA) is 71.1 Å². The van der Waals surface area contributed by atoms with Crippen molar-refractivity contribution in [3.8, 4) is 17.2 Å². The highest BCUT2D eigenvalue weighted by molar-refractivity contribution is 5.87. The SMILES string of the molecule is COc1cc(C=CC(=O)OC2CCCCC2)cc(OC)c1OC(C)=O. The Morgan fingerprint density at radius 3 is 2.16 bits per heavy atom. The first-order valence-corrected chi connectivity index (χ1v) is 8.36. The van der Waals surface area contributed by atoms with Gasteiger partial charge in [0.1, 0.15) is 6.10 Å². The molecule has 0 unspecified atom stereocenters. The van der Waals surface area contributed by atoms with Gasteiger partial charge in [0.05, 0.1) is 14.2 Å². The number of rotatable bonds is 6. The van der Waals surface area contributed by atoms with E-state index in [2.05, 4.69) is 0 Å². The summed E-state index contributed by atoms with van der Waals surface area (Å²) in [5.41, 5.74) is 0.671. The molecular formula is C19H24O6. The van der Waals surface area contributed by atoms with Gasteiger partial charge in [-0.25, -0.2) is 4.79 Å². The van der Waals surface area contributed by atoms with E-state index in [4.69, 9.17) is 18.9 Å². The molecule has 0 aliphatic heterocycles. The fourth-order valence-corrected chi connectivity index (χ4v) is 2.79. The lowest BCUT2D eigenvalue weighted by molar-refractivity contribution is -0.144. The fraction of sp³-hybridized carbons (Fsp3) is 0.474. The monoisotopic (exact) mass is 348 g/mol. The van der Waals surface area contributed by atoms with Gasteiger partial charge in [-0.2, -0.15) is 0 Å². The summed E-state index contributed by atoms with van der Waals surface area (Å²) in [6.07, 6.45) is 8.29. The molecule has 0 bridgehead atoms. The van der Waals surface area contributed by atoms with Crippen LogP contribution < -0.4 is 14.2 Å². The minimum absolute atomic E-state index is 0.0151. The largest absolute Gasteiger partial charge is 0.493 e. The minimum Gasteiger partial charge on any atom is -0.493 e. The number of hydrogen-bond donors (Lipinski definition) is 0. The smallest absolute Gasteiger partial charge is 0.331 e. The van der Waals surface area contributed by atoms with Crippen LogP contribution in [-0.4, -0.2) is 32.3 Å². The number of esters is 2. The summed E-state index contributed by atoms with van der Waals surface area (Å²) in [6, 6.07) is 3.32. The van der Waals surface area contributed by atoms with E-state index in [-0.39, 0.29) is 17.8 Å². The predicted octanol–water partition coefficient (Wildman–Crippen LogP) is 3.52. The normalized spacial score (nSPS) is 15.0. The van der Waals surface area contributed by atoms with Crippen molar-refractivity contribution in [2.75, 3.05) is 14.2 Å². The average Bonchev–Trinajstić information content (AvgIpc) is 2.61. The minimum atomic E-state index is -0.476. The maximum atomic E-state index is 12.0. The van der Waals surface area contributed by atoms with Crippen molar-refractivity contribution in [3.05, 3.63) is 23.8 Å². The van der Waals surface area contributed by atoms with Crippen LogP contribution in [0.25, 0.3) is 6.08 Å². The second kappa shape index (κ2) is 9.11. The van der Waals surface area contributed by atoms with Crippen molar-refractivity contribution in [3.63, 3.8) is 0 Å². The second-order valence-electron chi connectivity index (χ2n) is 5.88. The fourth-order valence-electron chi connectivity index (χ4n) is 2.79. The van der Waals surface area contributed by atoms with Crippen LogP contribution in [0.15, 0.2) is 18.2 Å². The highest BCUT2D eigenvalue weighted by atomic mass is 16.6. The van der Waals surface area contributed by atoms with Crippen molar-refractivity contribution in [2.45, 2.75) is 45.1 Å². The third kappa shape index (κ3) is 5.52. The maximum absolute atomic E-state index is 12.0. The van der Waals surface area contributed by atoms with E-state index in [9.17, 15) is 9.59 Å². The molecule has 1 aliphatic carbocycles. The van der Waals surface area contributed by atoms with Crippen LogP contribution in [0.4, 0.5) is 0 Å². The van der Waals surface area contributed by atoms with E-state index in [1.54, 1.807) is 18.2 Å². The van der Waals surface area contributed by atoms with Crippen LogP contribution in [0.2, 0.25) is 0 Å². The molecule has 2 rings (SSSR count). The zero-order valence-corrected chi connectivity index (χ0v) is 14.9. The Balaban J connectivity index is 2.12. The van der Waals surface area contributed by atoms with E-state index in [0.717, 1.165) is 25.7 Å². The standard InChI is InChI=1S/C19H24O6/c1-13(20)24-19-16(22-2)11-14(12-17(19)23-3)9-10-18(21)25-15-7-5-4-6-8-15/h9-12,15H,4-8H2,1-3H3. The summed E-state index contributed by atoms with van der Waals surface area (Å²) in [4.78, 5) is 23.2. The average molecular weight is 348 g/mol. The first-order valence-electron chi connectivity index (χ1n) is 8.36. The second-order valence-corrected chi connectivity index (χ2v) is 5.88. The Labute approximate surface area is 147 Å². The van der Waals surface area contributed by atoms with Crippen LogP contribution in [0, 0.1) is 0 Å². The van der Waals surface area contributed by atoms with Crippen molar-refractivity contribution in [2.24, 2.45) is 0 Å². The number of hydrogen-bond acceptors (Lipinski definition) is 6. The van der Waals surface area contributed by atoms with E-state index >= 15 is 0 Å². The number of benzene rings is 1. The molecule has 6 nitrogen and oxygen atoms in total. The molecule has 0 saturated heterocycles. The van der Waals surface area contributed by atoms with Gasteiger partial charge in [-0.05, 0) is 49.5 Å². The molecule has 1 fully saturated rings. The van der Waals surface area contributed by atoms with Crippen LogP contribution in [-0.2, 0) is 14.3 Å². The lowest BCUT2D eigenvalue weighted by Gasteiger charge is -2.20. The highest BCUT2D eigenvalue weighted by Crippen LogP contribution is 2.39. The molecule has 1 aromatic carbocycles. The van der Waals surface area contributed by atoms with Crippen molar-refractivity contribution >= 4 is 18.0 Å². The van der Waals surface area contributed by atoms with E-state index in [1.807, 2.05) is 0 Å². The van der Waals surface area contributed by atoms with Gasteiger partial charge in [-0.15, -0.1) is 0 Å². The summed E-state index contributed by atoms with van der Waals surface area (Å²) in [5, 5.41) is 0. The van der Waals surface area contributed by atoms with Gasteiger partial charge >= 0.3 is 11.9 Å². The molecule has 0 N–H and O–H groups in total. The van der Waals surface area contributed by atoms with Gasteiger partial charge in [-0.3, -0.25) is 4.79 Å². The molecule has 0 heterocycles. The summed E-state index contributed by atoms with van der Waals surface area (Å²) in [7, 11) is 2.93. The Morgan fingerprint density at radius 2 is 1.64 bits per heavy atom. The van der Waals surface area contributed by atoms with E-state index in [1.165, 1.54) is 33.6 Å². The van der Waals surface area contributed by atoms with Crippen LogP contribution in [0.3, 0.4) is 0 Å². The Bertz CT molecular complexity index is 618. The van der Waals surface area contributed by atoms with Crippen molar-refractivity contribution in [1.29, 1.82) is 0 Å². The molecule has 6 heteroatoms. The molecule has 25 heavy (non-hydrogen) atoms. The number of ether oxygens (including phenoxy) is 4. The van der Waals surface area contributed by atoms with Gasteiger partial charge < -0.3 is 18.9 Å². The summed E-state index contributed by atoms with van der Waals surface area (Å²) in [6.45, 7) is 1.30. The van der Waals surface area contributed by atoms with Gasteiger partial charge in [-0.1, -0.05) is 6.42 Å². The molecule has 0 spiro atoms. The lowest BCUT2D eigenvalue weighted by Crippen LogP contribution is -2.19. The first-order chi connectivity index (χ1) is 12.0. The molecule has 0 aromatic heterocycles. The zero-order valence-electron chi connectivity index (χ0n) is 14.9. The Kier molecular flexibility index (Phi) is 6.86. The molecule has 1 aliphatic rings. The van der Waals surface area contributed by atoms with Gasteiger partial charge in [0.25, 0.3) is 0 Å². The number of carbonyl (C=O) groups is 2. The van der Waals surface area contributed by atoms with Crippen LogP contribution in [0.5, 0.6) is 17.2 Å². The Hall–Kier alpha value is -2.50. The Morgan fingerprint density at radius 1 is 1.04 bits per heavy atom.